The Labute approximate surface area is 242 Å². The first-order chi connectivity index (χ1) is 20.2. The molecule has 0 bridgehead atoms. The molecule has 2 atom stereocenters. The number of hydrogen-bond acceptors (Lipinski definition) is 1. The molecule has 2 aliphatic rings. The number of hydrogen-bond donors (Lipinski definition) is 0. The van der Waals surface area contributed by atoms with Gasteiger partial charge in [0.1, 0.15) is 0 Å². The van der Waals surface area contributed by atoms with Gasteiger partial charge in [-0.2, -0.15) is 0 Å². The summed E-state index contributed by atoms with van der Waals surface area (Å²) < 4.78 is 2.34. The van der Waals surface area contributed by atoms with Crippen molar-refractivity contribution in [1.29, 1.82) is 0 Å². The number of rotatable bonds is 6. The van der Waals surface area contributed by atoms with E-state index in [0.29, 0.717) is 12.0 Å². The van der Waals surface area contributed by atoms with E-state index in [-0.39, 0.29) is 0 Å². The first-order valence-corrected chi connectivity index (χ1v) is 14.2. The van der Waals surface area contributed by atoms with Gasteiger partial charge in [-0.3, -0.25) is 0 Å². The Balaban J connectivity index is 1.21. The largest absolute Gasteiger partial charge is 0.333 e. The summed E-state index contributed by atoms with van der Waals surface area (Å²) in [7, 11) is 0. The van der Waals surface area contributed by atoms with Gasteiger partial charge in [-0.05, 0) is 71.7 Å². The van der Waals surface area contributed by atoms with E-state index in [1.165, 1.54) is 50.2 Å². The number of allylic oxidation sites excluding steroid dienone is 5. The Kier molecular flexibility index (Phi) is 6.17. The molecule has 2 nitrogen and oxygen atoms in total. The van der Waals surface area contributed by atoms with E-state index < -0.39 is 0 Å². The van der Waals surface area contributed by atoms with Crippen LogP contribution in [0.3, 0.4) is 0 Å². The second-order valence-corrected chi connectivity index (χ2v) is 10.7. The van der Waals surface area contributed by atoms with E-state index in [9.17, 15) is 0 Å². The zero-order chi connectivity index (χ0) is 27.9. The van der Waals surface area contributed by atoms with E-state index in [0.717, 1.165) is 11.3 Å². The molecule has 1 aliphatic heterocycles. The van der Waals surface area contributed by atoms with Crippen LogP contribution in [0.1, 0.15) is 22.7 Å². The van der Waals surface area contributed by atoms with E-state index in [2.05, 4.69) is 157 Å². The fourth-order valence-electron chi connectivity index (χ4n) is 6.48. The highest BCUT2D eigenvalue weighted by atomic mass is 15.2. The van der Waals surface area contributed by atoms with Crippen molar-refractivity contribution >= 4 is 28.4 Å². The normalized spacial score (nSPS) is 16.9. The first kappa shape index (κ1) is 24.9. The van der Waals surface area contributed by atoms with E-state index in [4.69, 9.17) is 0 Å². The summed E-state index contributed by atoms with van der Waals surface area (Å²) >= 11 is 0. The maximum Gasteiger partial charge on any atom is 0.0629 e. The highest BCUT2D eigenvalue weighted by Gasteiger charge is 2.36. The van der Waals surface area contributed by atoms with Crippen molar-refractivity contribution in [2.45, 2.75) is 18.9 Å². The van der Waals surface area contributed by atoms with Crippen LogP contribution in [0.5, 0.6) is 0 Å². The molecule has 0 N–H and O–H groups in total. The number of para-hydroxylation sites is 2. The minimum absolute atomic E-state index is 0.316. The predicted molar refractivity (Wildman–Crippen MR) is 175 cm³/mol. The highest BCUT2D eigenvalue weighted by Crippen LogP contribution is 2.47. The van der Waals surface area contributed by atoms with Gasteiger partial charge < -0.3 is 9.47 Å². The van der Waals surface area contributed by atoms with E-state index >= 15 is 0 Å². The van der Waals surface area contributed by atoms with Crippen LogP contribution in [-0.2, 0) is 0 Å². The summed E-state index contributed by atoms with van der Waals surface area (Å²) in [6, 6.07) is 35.6. The molecule has 2 heterocycles. The lowest BCUT2D eigenvalue weighted by Gasteiger charge is -2.28. The summed E-state index contributed by atoms with van der Waals surface area (Å²) in [4.78, 5) is 2.48. The van der Waals surface area contributed by atoms with Gasteiger partial charge >= 0.3 is 0 Å². The lowest BCUT2D eigenvalue weighted by atomic mass is 9.91. The van der Waals surface area contributed by atoms with Crippen LogP contribution in [0.15, 0.2) is 152 Å². The Morgan fingerprint density at radius 1 is 0.707 bits per heavy atom. The molecule has 0 saturated heterocycles. The molecule has 5 aromatic rings. The predicted octanol–water partition coefficient (Wildman–Crippen LogP) is 10.1. The third kappa shape index (κ3) is 4.11. The van der Waals surface area contributed by atoms with Crippen molar-refractivity contribution in [2.75, 3.05) is 4.90 Å². The molecule has 7 rings (SSSR count). The van der Waals surface area contributed by atoms with Gasteiger partial charge in [0.25, 0.3) is 0 Å². The average Bonchev–Trinajstić information content (AvgIpc) is 3.51. The second-order valence-electron chi connectivity index (χ2n) is 10.7. The van der Waals surface area contributed by atoms with Gasteiger partial charge in [0.2, 0.25) is 0 Å². The fourth-order valence-corrected chi connectivity index (χ4v) is 6.48. The van der Waals surface area contributed by atoms with Crippen LogP contribution in [0.4, 0.5) is 11.4 Å². The van der Waals surface area contributed by atoms with Crippen LogP contribution in [-0.4, -0.2) is 10.6 Å². The molecular weight excluding hydrogens is 496 g/mol. The molecule has 41 heavy (non-hydrogen) atoms. The SMILES string of the molecule is C=CC(C=C)=Cc1c(C)n(-c2ccc(-c3ccc(N4c5ccccc5[C@@H]5C=CC=CC54)cc3)cc2)c2ccccc12. The molecule has 198 valence electrons. The summed E-state index contributed by atoms with van der Waals surface area (Å²) in [5.74, 6) is 0.396. The first-order valence-electron chi connectivity index (χ1n) is 14.2. The maximum absolute atomic E-state index is 3.94. The quantitative estimate of drug-likeness (QED) is 0.199. The zero-order valence-corrected chi connectivity index (χ0v) is 23.2. The zero-order valence-electron chi connectivity index (χ0n) is 23.2. The summed E-state index contributed by atoms with van der Waals surface area (Å²) in [6.07, 6.45) is 14.9. The molecule has 1 unspecified atom stereocenters. The van der Waals surface area contributed by atoms with E-state index in [1.54, 1.807) is 0 Å². The molecule has 0 saturated carbocycles. The van der Waals surface area contributed by atoms with Crippen molar-refractivity contribution in [1.82, 2.24) is 4.57 Å². The maximum atomic E-state index is 3.94. The number of fused-ring (bicyclic) bond motifs is 4. The van der Waals surface area contributed by atoms with Gasteiger partial charge in [-0.1, -0.05) is 110 Å². The topological polar surface area (TPSA) is 8.17 Å². The second kappa shape index (κ2) is 10.1. The average molecular weight is 529 g/mol. The Morgan fingerprint density at radius 2 is 1.34 bits per heavy atom. The molecule has 0 fully saturated rings. The van der Waals surface area contributed by atoms with Crippen molar-refractivity contribution in [3.63, 3.8) is 0 Å². The molecule has 1 aliphatic carbocycles. The lowest BCUT2D eigenvalue weighted by molar-refractivity contribution is 0.745. The van der Waals surface area contributed by atoms with Gasteiger partial charge in [-0.25, -0.2) is 0 Å². The van der Waals surface area contributed by atoms with Crippen molar-refractivity contribution in [3.05, 3.63) is 169 Å². The number of anilines is 2. The number of benzene rings is 4. The number of nitrogens with zero attached hydrogens (tertiary/aromatic N) is 2. The molecule has 0 spiro atoms. The summed E-state index contributed by atoms with van der Waals surface area (Å²) in [5, 5.41) is 1.22. The fraction of sp³-hybridized carbons (Fsp3) is 0.0769. The van der Waals surface area contributed by atoms with Crippen LogP contribution in [0.25, 0.3) is 33.8 Å². The molecule has 1 aromatic heterocycles. The molecule has 2 heteroatoms. The summed E-state index contributed by atoms with van der Waals surface area (Å²) in [5.41, 5.74) is 12.1. The lowest BCUT2D eigenvalue weighted by Crippen LogP contribution is -2.28. The molecule has 0 radical (unpaired) electrons. The Bertz CT molecular complexity index is 1870. The van der Waals surface area contributed by atoms with Crippen molar-refractivity contribution in [2.24, 2.45) is 0 Å². The van der Waals surface area contributed by atoms with Gasteiger partial charge in [0.15, 0.2) is 0 Å². The van der Waals surface area contributed by atoms with Gasteiger partial charge in [0, 0.05) is 39.6 Å². The summed E-state index contributed by atoms with van der Waals surface area (Å²) in [6.45, 7) is 10.1. The highest BCUT2D eigenvalue weighted by molar-refractivity contribution is 5.93. The van der Waals surface area contributed by atoms with Gasteiger partial charge in [-0.15, -0.1) is 0 Å². The van der Waals surface area contributed by atoms with Crippen LogP contribution >= 0.6 is 0 Å². The van der Waals surface area contributed by atoms with Crippen LogP contribution < -0.4 is 4.90 Å². The minimum atomic E-state index is 0.316. The van der Waals surface area contributed by atoms with Crippen LogP contribution in [0.2, 0.25) is 0 Å². The third-order valence-corrected chi connectivity index (χ3v) is 8.51. The molecule has 0 amide bonds. The molecular formula is C39H32N2. The van der Waals surface area contributed by atoms with Crippen molar-refractivity contribution in [3.8, 4) is 16.8 Å². The Hall–Kier alpha value is -5.08. The third-order valence-electron chi connectivity index (χ3n) is 8.51. The minimum Gasteiger partial charge on any atom is -0.333 e. The smallest absolute Gasteiger partial charge is 0.0629 e. The van der Waals surface area contributed by atoms with Crippen molar-refractivity contribution < 1.29 is 0 Å². The van der Waals surface area contributed by atoms with Gasteiger partial charge in [0.05, 0.1) is 11.6 Å². The van der Waals surface area contributed by atoms with Crippen LogP contribution in [0, 0.1) is 6.92 Å². The standard InChI is InChI=1S/C39H32N2/c1-4-28(5-2)26-36-27(3)40(37-15-9-8-14-35(36)37)31-22-18-29(19-23-31)30-20-24-32(25-21-30)41-38-16-10-6-12-33(38)34-13-7-11-17-39(34)41/h4-26,33,38H,1-2H2,3H3/t33-,38?/m0/s1. The van der Waals surface area contributed by atoms with E-state index in [1.807, 2.05) is 12.2 Å². The molecule has 4 aromatic carbocycles. The monoisotopic (exact) mass is 528 g/mol. The Morgan fingerprint density at radius 3 is 2.07 bits per heavy atom. The number of aromatic nitrogens is 1.